The van der Waals surface area contributed by atoms with Crippen molar-refractivity contribution in [1.82, 2.24) is 20.4 Å². The minimum Gasteiger partial charge on any atom is -0.392 e. The van der Waals surface area contributed by atoms with Crippen molar-refractivity contribution in [3.8, 4) is 0 Å². The van der Waals surface area contributed by atoms with E-state index < -0.39 is 6.10 Å². The summed E-state index contributed by atoms with van der Waals surface area (Å²) in [6.45, 7) is 9.77. The van der Waals surface area contributed by atoms with Crippen LogP contribution in [0.3, 0.4) is 0 Å². The van der Waals surface area contributed by atoms with Crippen molar-refractivity contribution in [2.75, 3.05) is 19.6 Å². The number of hydrogen-bond donors (Lipinski definition) is 2. The molecule has 1 aromatic rings. The fourth-order valence-electron chi connectivity index (χ4n) is 2.75. The minimum absolute atomic E-state index is 0.0195. The molecule has 0 radical (unpaired) electrons. The number of likely N-dealkylation sites (tertiary alicyclic amines) is 1. The van der Waals surface area contributed by atoms with Gasteiger partial charge in [0, 0.05) is 18.4 Å². The number of nitrogens with zero attached hydrogens (tertiary/aromatic N) is 3. The number of carbonyl (C=O) groups is 1. The quantitative estimate of drug-likeness (QED) is 0.823. The van der Waals surface area contributed by atoms with E-state index in [2.05, 4.69) is 27.3 Å². The lowest BCUT2D eigenvalue weighted by Crippen LogP contribution is -2.42. The van der Waals surface area contributed by atoms with E-state index in [1.807, 2.05) is 13.8 Å². The van der Waals surface area contributed by atoms with Crippen LogP contribution in [0.15, 0.2) is 4.52 Å². The lowest BCUT2D eigenvalue weighted by Gasteiger charge is -2.33. The smallest absolute Gasteiger partial charge is 0.243 e. The summed E-state index contributed by atoms with van der Waals surface area (Å²) in [5, 5.41) is 16.0. The molecular formula is C16H28N4O3. The van der Waals surface area contributed by atoms with Gasteiger partial charge < -0.3 is 14.9 Å². The Morgan fingerprint density at radius 3 is 2.52 bits per heavy atom. The molecule has 23 heavy (non-hydrogen) atoms. The number of aliphatic hydroxyl groups excluding tert-OH is 1. The summed E-state index contributed by atoms with van der Waals surface area (Å²) < 4.78 is 5.37. The van der Waals surface area contributed by atoms with Gasteiger partial charge in [-0.2, -0.15) is 4.98 Å². The maximum absolute atomic E-state index is 12.0. The van der Waals surface area contributed by atoms with Gasteiger partial charge in [0.1, 0.15) is 0 Å². The molecule has 1 amide bonds. The minimum atomic E-state index is -0.508. The summed E-state index contributed by atoms with van der Waals surface area (Å²) >= 11 is 0. The number of aliphatic hydroxyl groups is 1. The van der Waals surface area contributed by atoms with Gasteiger partial charge in [0.2, 0.25) is 11.8 Å². The van der Waals surface area contributed by atoms with Gasteiger partial charge in [0.15, 0.2) is 5.82 Å². The summed E-state index contributed by atoms with van der Waals surface area (Å²) in [6, 6.07) is 0.0662. The van der Waals surface area contributed by atoms with E-state index >= 15 is 0 Å². The zero-order valence-electron chi connectivity index (χ0n) is 14.5. The van der Waals surface area contributed by atoms with Crippen LogP contribution in [0.25, 0.3) is 0 Å². The monoisotopic (exact) mass is 324 g/mol. The molecule has 1 aromatic heterocycles. The lowest BCUT2D eigenvalue weighted by atomic mass is 9.95. The van der Waals surface area contributed by atoms with Crippen LogP contribution >= 0.6 is 0 Å². The Kier molecular flexibility index (Phi) is 6.12. The van der Waals surface area contributed by atoms with Crippen LogP contribution in [0.4, 0.5) is 0 Å². The first-order valence-corrected chi connectivity index (χ1v) is 8.41. The van der Waals surface area contributed by atoms with E-state index in [1.54, 1.807) is 6.92 Å². The van der Waals surface area contributed by atoms with Crippen molar-refractivity contribution < 1.29 is 14.4 Å². The number of rotatable bonds is 6. The van der Waals surface area contributed by atoms with Gasteiger partial charge in [-0.05, 0) is 39.8 Å². The molecule has 2 heterocycles. The maximum Gasteiger partial charge on any atom is 0.243 e. The van der Waals surface area contributed by atoms with Gasteiger partial charge in [0.25, 0.3) is 0 Å². The van der Waals surface area contributed by atoms with Crippen molar-refractivity contribution in [2.45, 2.75) is 58.6 Å². The number of hydrogen-bond acceptors (Lipinski definition) is 6. The van der Waals surface area contributed by atoms with Crippen molar-refractivity contribution >= 4 is 5.91 Å². The summed E-state index contributed by atoms with van der Waals surface area (Å²) in [6.07, 6.45) is 1.11. The molecule has 0 unspecified atom stereocenters. The van der Waals surface area contributed by atoms with Gasteiger partial charge in [-0.3, -0.25) is 9.69 Å². The molecule has 130 valence electrons. The highest BCUT2D eigenvalue weighted by Gasteiger charge is 2.29. The molecular weight excluding hydrogens is 296 g/mol. The Labute approximate surface area is 137 Å². The predicted octanol–water partition coefficient (Wildman–Crippen LogP) is 1.46. The van der Waals surface area contributed by atoms with Crippen molar-refractivity contribution in [2.24, 2.45) is 5.92 Å². The molecule has 2 N–H and O–H groups in total. The first-order valence-electron chi connectivity index (χ1n) is 8.41. The molecule has 2 rings (SSSR count). The molecule has 2 atom stereocenters. The number of amides is 1. The third kappa shape index (κ3) is 4.75. The molecule has 1 aliphatic heterocycles. The molecule has 0 spiro atoms. The highest BCUT2D eigenvalue weighted by molar-refractivity contribution is 5.78. The second-order valence-electron chi connectivity index (χ2n) is 6.73. The van der Waals surface area contributed by atoms with Gasteiger partial charge in [0.05, 0.1) is 12.1 Å². The zero-order valence-corrected chi connectivity index (χ0v) is 14.5. The first kappa shape index (κ1) is 17.9. The van der Waals surface area contributed by atoms with Crippen LogP contribution in [-0.2, 0) is 4.79 Å². The van der Waals surface area contributed by atoms with Crippen LogP contribution in [0.1, 0.15) is 64.2 Å². The summed E-state index contributed by atoms with van der Waals surface area (Å²) in [5.74, 6) is 1.69. The molecule has 7 heteroatoms. The molecule has 0 saturated carbocycles. The predicted molar refractivity (Wildman–Crippen MR) is 85.8 cm³/mol. The molecule has 7 nitrogen and oxygen atoms in total. The van der Waals surface area contributed by atoms with E-state index in [-0.39, 0.29) is 23.8 Å². The molecule has 1 saturated heterocycles. The maximum atomic E-state index is 12.0. The van der Waals surface area contributed by atoms with Crippen LogP contribution < -0.4 is 5.32 Å². The highest BCUT2D eigenvalue weighted by atomic mass is 16.5. The summed E-state index contributed by atoms with van der Waals surface area (Å²) in [4.78, 5) is 18.8. The first-order chi connectivity index (χ1) is 10.9. The van der Waals surface area contributed by atoms with Crippen LogP contribution in [0, 0.1) is 5.92 Å². The second-order valence-corrected chi connectivity index (χ2v) is 6.73. The van der Waals surface area contributed by atoms with Crippen molar-refractivity contribution in [3.63, 3.8) is 0 Å². The Balaban J connectivity index is 1.84. The number of aromatic nitrogens is 2. The number of nitrogens with one attached hydrogen (secondary N) is 1. The fourth-order valence-corrected chi connectivity index (χ4v) is 2.75. The largest absolute Gasteiger partial charge is 0.392 e. The Morgan fingerprint density at radius 1 is 1.35 bits per heavy atom. The normalized spacial score (nSPS) is 19.7. The van der Waals surface area contributed by atoms with E-state index in [4.69, 9.17) is 4.52 Å². The summed E-state index contributed by atoms with van der Waals surface area (Å²) in [7, 11) is 0. The topological polar surface area (TPSA) is 91.5 Å². The third-order valence-corrected chi connectivity index (χ3v) is 4.35. The number of carbonyl (C=O) groups excluding carboxylic acids is 1. The Bertz CT molecular complexity index is 507. The second kappa shape index (κ2) is 7.88. The average Bonchev–Trinajstić information content (AvgIpc) is 3.02. The van der Waals surface area contributed by atoms with E-state index in [9.17, 15) is 9.90 Å². The van der Waals surface area contributed by atoms with Crippen LogP contribution in [-0.4, -0.2) is 51.8 Å². The molecule has 0 aliphatic carbocycles. The number of piperidine rings is 1. The lowest BCUT2D eigenvalue weighted by molar-refractivity contribution is -0.127. The Morgan fingerprint density at radius 2 is 2.00 bits per heavy atom. The summed E-state index contributed by atoms with van der Waals surface area (Å²) in [5.41, 5.74) is 0. The highest BCUT2D eigenvalue weighted by Crippen LogP contribution is 2.26. The Hall–Kier alpha value is -1.47. The SMILES string of the molecule is CC(C)c1noc([C@@H](C)N2CCC(C(=O)NC[C@@H](C)O)CC2)n1. The molecule has 1 fully saturated rings. The van der Waals surface area contributed by atoms with Gasteiger partial charge in [-0.1, -0.05) is 19.0 Å². The molecule has 0 aromatic carbocycles. The van der Waals surface area contributed by atoms with Gasteiger partial charge >= 0.3 is 0 Å². The third-order valence-electron chi connectivity index (χ3n) is 4.35. The van der Waals surface area contributed by atoms with Gasteiger partial charge in [-0.25, -0.2) is 0 Å². The van der Waals surface area contributed by atoms with Crippen molar-refractivity contribution in [3.05, 3.63) is 11.7 Å². The van der Waals surface area contributed by atoms with E-state index in [1.165, 1.54) is 0 Å². The van der Waals surface area contributed by atoms with Crippen LogP contribution in [0.2, 0.25) is 0 Å². The van der Waals surface area contributed by atoms with E-state index in [0.717, 1.165) is 31.8 Å². The molecule has 0 bridgehead atoms. The van der Waals surface area contributed by atoms with Crippen molar-refractivity contribution in [1.29, 1.82) is 0 Å². The van der Waals surface area contributed by atoms with Gasteiger partial charge in [-0.15, -0.1) is 0 Å². The fraction of sp³-hybridized carbons (Fsp3) is 0.812. The zero-order chi connectivity index (χ0) is 17.0. The van der Waals surface area contributed by atoms with E-state index in [0.29, 0.717) is 12.4 Å². The average molecular weight is 324 g/mol. The van der Waals surface area contributed by atoms with Crippen LogP contribution in [0.5, 0.6) is 0 Å². The molecule has 1 aliphatic rings. The standard InChI is InChI=1S/C16H28N4O3/c1-10(2)14-18-16(23-19-14)12(4)20-7-5-13(6-8-20)15(22)17-9-11(3)21/h10-13,21H,5-9H2,1-4H3,(H,17,22)/t11-,12-/m1/s1.